The van der Waals surface area contributed by atoms with Crippen molar-refractivity contribution < 1.29 is 8.42 Å². The lowest BCUT2D eigenvalue weighted by atomic mass is 9.94. The number of nitrogens with one attached hydrogen (secondary N) is 1. The molecule has 0 radical (unpaired) electrons. The summed E-state index contributed by atoms with van der Waals surface area (Å²) in [6.45, 7) is 4.46. The van der Waals surface area contributed by atoms with Gasteiger partial charge in [0.25, 0.3) is 5.56 Å². The Balaban J connectivity index is 2.41. The molecule has 2 heterocycles. The number of pyridine rings is 1. The smallest absolute Gasteiger partial charge is 0.266 e. The summed E-state index contributed by atoms with van der Waals surface area (Å²) >= 11 is 5.70. The Morgan fingerprint density at radius 3 is 2.74 bits per heavy atom. The summed E-state index contributed by atoms with van der Waals surface area (Å²) in [5.41, 5.74) is -0.485. The van der Waals surface area contributed by atoms with E-state index in [9.17, 15) is 13.2 Å². The second-order valence-corrected chi connectivity index (χ2v) is 7.29. The van der Waals surface area contributed by atoms with Gasteiger partial charge < -0.3 is 4.98 Å². The minimum atomic E-state index is -3.60. The van der Waals surface area contributed by atoms with Crippen molar-refractivity contribution in [1.29, 1.82) is 0 Å². The second kappa shape index (κ2) is 5.26. The lowest BCUT2D eigenvalue weighted by molar-refractivity contribution is 0.202. The Hall–Kier alpha value is -0.850. The maximum atomic E-state index is 12.6. The zero-order chi connectivity index (χ0) is 14.2. The molecule has 2 rings (SSSR count). The molecule has 0 aliphatic carbocycles. The molecular formula is C12H17ClN2O3S. The first-order chi connectivity index (χ1) is 8.84. The van der Waals surface area contributed by atoms with Crippen molar-refractivity contribution in [2.45, 2.75) is 37.6 Å². The molecule has 5 nitrogen and oxygen atoms in total. The number of nitrogens with zero attached hydrogens (tertiary/aromatic N) is 1. The van der Waals surface area contributed by atoms with Gasteiger partial charge in [0.2, 0.25) is 10.0 Å². The van der Waals surface area contributed by atoms with E-state index in [1.807, 2.05) is 13.8 Å². The van der Waals surface area contributed by atoms with E-state index in [1.165, 1.54) is 16.6 Å². The number of piperidine rings is 1. The van der Waals surface area contributed by atoms with Crippen molar-refractivity contribution in [2.24, 2.45) is 5.92 Å². The topological polar surface area (TPSA) is 70.2 Å². The molecule has 1 fully saturated rings. The van der Waals surface area contributed by atoms with Gasteiger partial charge in [-0.05, 0) is 31.7 Å². The van der Waals surface area contributed by atoms with Gasteiger partial charge in [0.15, 0.2) is 0 Å². The lowest BCUT2D eigenvalue weighted by Crippen LogP contribution is -2.45. The van der Waals surface area contributed by atoms with Crippen LogP contribution in [0.2, 0.25) is 5.02 Å². The molecule has 106 valence electrons. The SMILES string of the molecule is CC1CCCN(S(=O)(=O)c2c[nH]c(=O)c(Cl)c2)C1C. The first-order valence-corrected chi connectivity index (χ1v) is 8.06. The Morgan fingerprint density at radius 1 is 1.42 bits per heavy atom. The first kappa shape index (κ1) is 14.6. The fourth-order valence-corrected chi connectivity index (χ4v) is 4.36. The fraction of sp³-hybridized carbons (Fsp3) is 0.583. The number of H-pyrrole nitrogens is 1. The highest BCUT2D eigenvalue weighted by Crippen LogP contribution is 2.28. The molecule has 7 heteroatoms. The molecule has 1 aromatic rings. The Morgan fingerprint density at radius 2 is 2.11 bits per heavy atom. The number of hydrogen-bond acceptors (Lipinski definition) is 3. The monoisotopic (exact) mass is 304 g/mol. The summed E-state index contributed by atoms with van der Waals surface area (Å²) in [5.74, 6) is 0.321. The van der Waals surface area contributed by atoms with Crippen LogP contribution >= 0.6 is 11.6 Å². The van der Waals surface area contributed by atoms with E-state index in [4.69, 9.17) is 11.6 Å². The van der Waals surface area contributed by atoms with Gasteiger partial charge in [-0.15, -0.1) is 0 Å². The van der Waals surface area contributed by atoms with Gasteiger partial charge in [0.05, 0.1) is 4.90 Å². The summed E-state index contributed by atoms with van der Waals surface area (Å²) < 4.78 is 26.6. The summed E-state index contributed by atoms with van der Waals surface area (Å²) in [4.78, 5) is 13.6. The molecular weight excluding hydrogens is 288 g/mol. The number of hydrogen-bond donors (Lipinski definition) is 1. The predicted molar refractivity (Wildman–Crippen MR) is 73.8 cm³/mol. The van der Waals surface area contributed by atoms with Crippen LogP contribution in [0.1, 0.15) is 26.7 Å². The first-order valence-electron chi connectivity index (χ1n) is 6.24. The summed E-state index contributed by atoms with van der Waals surface area (Å²) in [6, 6.07) is 1.16. The molecule has 1 aliphatic rings. The molecule has 19 heavy (non-hydrogen) atoms. The third kappa shape index (κ3) is 2.70. The molecule has 2 unspecified atom stereocenters. The standard InChI is InChI=1S/C12H17ClN2O3S/c1-8-4-3-5-15(9(8)2)19(17,18)10-6-11(13)12(16)14-7-10/h6-9H,3-5H2,1-2H3,(H,14,16). The van der Waals surface area contributed by atoms with Crippen LogP contribution in [0.5, 0.6) is 0 Å². The predicted octanol–water partition coefficient (Wildman–Crippen LogP) is 1.84. The largest absolute Gasteiger partial charge is 0.326 e. The van der Waals surface area contributed by atoms with Gasteiger partial charge in [0.1, 0.15) is 5.02 Å². The highest BCUT2D eigenvalue weighted by molar-refractivity contribution is 7.89. The van der Waals surface area contributed by atoms with Crippen LogP contribution in [0.15, 0.2) is 22.0 Å². The summed E-state index contributed by atoms with van der Waals surface area (Å²) in [6.07, 6.45) is 3.08. The molecule has 0 bridgehead atoms. The minimum absolute atomic E-state index is 0.0399. The van der Waals surface area contributed by atoms with Crippen LogP contribution < -0.4 is 5.56 Å². The van der Waals surface area contributed by atoms with Gasteiger partial charge in [-0.2, -0.15) is 4.31 Å². The molecule has 0 saturated carbocycles. The quantitative estimate of drug-likeness (QED) is 0.906. The highest BCUT2D eigenvalue weighted by Gasteiger charge is 2.34. The van der Waals surface area contributed by atoms with Crippen LogP contribution in [-0.2, 0) is 10.0 Å². The number of halogens is 1. The molecule has 1 aliphatic heterocycles. The van der Waals surface area contributed by atoms with Crippen LogP contribution in [0.3, 0.4) is 0 Å². The third-order valence-corrected chi connectivity index (χ3v) is 6.00. The zero-order valence-corrected chi connectivity index (χ0v) is 12.5. The van der Waals surface area contributed by atoms with Crippen molar-refractivity contribution in [1.82, 2.24) is 9.29 Å². The molecule has 1 N–H and O–H groups in total. The van der Waals surface area contributed by atoms with Gasteiger partial charge >= 0.3 is 0 Å². The van der Waals surface area contributed by atoms with Crippen molar-refractivity contribution in [3.63, 3.8) is 0 Å². The maximum Gasteiger partial charge on any atom is 0.266 e. The Bertz CT molecular complexity index is 626. The van der Waals surface area contributed by atoms with Crippen molar-refractivity contribution in [3.05, 3.63) is 27.6 Å². The third-order valence-electron chi connectivity index (χ3n) is 3.75. The van der Waals surface area contributed by atoms with Crippen molar-refractivity contribution >= 4 is 21.6 Å². The van der Waals surface area contributed by atoms with Gasteiger partial charge in [-0.25, -0.2) is 8.42 Å². The normalized spacial score (nSPS) is 25.4. The van der Waals surface area contributed by atoms with E-state index in [2.05, 4.69) is 4.98 Å². The van der Waals surface area contributed by atoms with Crippen molar-refractivity contribution in [3.8, 4) is 0 Å². The highest BCUT2D eigenvalue weighted by atomic mass is 35.5. The van der Waals surface area contributed by atoms with E-state index in [0.717, 1.165) is 12.8 Å². The number of sulfonamides is 1. The average molecular weight is 305 g/mol. The van der Waals surface area contributed by atoms with E-state index in [1.54, 1.807) is 0 Å². The number of aromatic amines is 1. The van der Waals surface area contributed by atoms with E-state index < -0.39 is 15.6 Å². The molecule has 1 aromatic heterocycles. The van der Waals surface area contributed by atoms with Crippen molar-refractivity contribution in [2.75, 3.05) is 6.54 Å². The van der Waals surface area contributed by atoms with Crippen LogP contribution in [0.4, 0.5) is 0 Å². The minimum Gasteiger partial charge on any atom is -0.326 e. The zero-order valence-electron chi connectivity index (χ0n) is 10.9. The molecule has 2 atom stereocenters. The number of rotatable bonds is 2. The van der Waals surface area contributed by atoms with E-state index in [-0.39, 0.29) is 16.0 Å². The van der Waals surface area contributed by atoms with Crippen LogP contribution in [-0.4, -0.2) is 30.3 Å². The molecule has 1 saturated heterocycles. The summed E-state index contributed by atoms with van der Waals surface area (Å²) in [5, 5.41) is -0.112. The second-order valence-electron chi connectivity index (χ2n) is 4.99. The Kier molecular flexibility index (Phi) is 4.03. The van der Waals surface area contributed by atoms with Crippen LogP contribution in [0, 0.1) is 5.92 Å². The van der Waals surface area contributed by atoms with Crippen LogP contribution in [0.25, 0.3) is 0 Å². The molecule has 0 aromatic carbocycles. The van der Waals surface area contributed by atoms with Gasteiger partial charge in [0, 0.05) is 18.8 Å². The summed E-state index contributed by atoms with van der Waals surface area (Å²) in [7, 11) is -3.60. The molecule has 0 amide bonds. The number of aromatic nitrogens is 1. The Labute approximate surface area is 117 Å². The lowest BCUT2D eigenvalue weighted by Gasteiger charge is -2.36. The van der Waals surface area contributed by atoms with E-state index in [0.29, 0.717) is 12.5 Å². The van der Waals surface area contributed by atoms with Gasteiger partial charge in [-0.1, -0.05) is 18.5 Å². The fourth-order valence-electron chi connectivity index (χ4n) is 2.36. The maximum absolute atomic E-state index is 12.6. The molecule has 0 spiro atoms. The van der Waals surface area contributed by atoms with E-state index >= 15 is 0 Å². The van der Waals surface area contributed by atoms with Gasteiger partial charge in [-0.3, -0.25) is 4.79 Å². The average Bonchev–Trinajstić information content (AvgIpc) is 2.35.